The number of likely N-dealkylation sites (tertiary alicyclic amines) is 1. The van der Waals surface area contributed by atoms with Gasteiger partial charge >= 0.3 is 0 Å². The topological polar surface area (TPSA) is 89.1 Å². The van der Waals surface area contributed by atoms with Gasteiger partial charge in [-0.2, -0.15) is 0 Å². The molecule has 1 aromatic carbocycles. The van der Waals surface area contributed by atoms with Crippen molar-refractivity contribution in [3.05, 3.63) is 41.7 Å². The highest BCUT2D eigenvalue weighted by atomic mass is 16.3. The number of fused-ring (bicyclic) bond motifs is 1. The Bertz CT molecular complexity index is 976. The fraction of sp³-hybridized carbons (Fsp3) is 0.474. The minimum Gasteiger partial charge on any atom is -0.388 e. The number of para-hydroxylation sites is 2. The van der Waals surface area contributed by atoms with Crippen LogP contribution in [0, 0.1) is 6.92 Å². The van der Waals surface area contributed by atoms with E-state index in [0.717, 1.165) is 42.1 Å². The number of hydrogen-bond acceptors (Lipinski definition) is 5. The standard InChI is InChI=1S/C19H24N6O2/c1-13-20-15-7-3-4-8-16(15)25(13)11-18(27)24-9-5-6-14(10-24)19-22-21-17(12-26)23(19)2/h3-4,7-8,14,26H,5-6,9-12H2,1-2H3. The maximum Gasteiger partial charge on any atom is 0.242 e. The molecule has 1 saturated heterocycles. The highest BCUT2D eigenvalue weighted by molar-refractivity contribution is 5.81. The summed E-state index contributed by atoms with van der Waals surface area (Å²) in [6, 6.07) is 7.89. The molecule has 3 heterocycles. The van der Waals surface area contributed by atoms with E-state index in [-0.39, 0.29) is 18.4 Å². The average molecular weight is 368 g/mol. The van der Waals surface area contributed by atoms with E-state index in [1.54, 1.807) is 0 Å². The first-order chi connectivity index (χ1) is 13.1. The van der Waals surface area contributed by atoms with E-state index < -0.39 is 0 Å². The molecule has 0 bridgehead atoms. The van der Waals surface area contributed by atoms with Gasteiger partial charge in [0.05, 0.1) is 11.0 Å². The van der Waals surface area contributed by atoms with Gasteiger partial charge in [0.2, 0.25) is 5.91 Å². The molecule has 8 nitrogen and oxygen atoms in total. The zero-order valence-corrected chi connectivity index (χ0v) is 15.7. The van der Waals surface area contributed by atoms with Crippen molar-refractivity contribution in [3.8, 4) is 0 Å². The van der Waals surface area contributed by atoms with Crippen LogP contribution in [0.2, 0.25) is 0 Å². The summed E-state index contributed by atoms with van der Waals surface area (Å²) in [5, 5.41) is 17.6. The molecular weight excluding hydrogens is 344 g/mol. The molecule has 1 fully saturated rings. The van der Waals surface area contributed by atoms with Gasteiger partial charge < -0.3 is 19.1 Å². The number of nitrogens with zero attached hydrogens (tertiary/aromatic N) is 6. The summed E-state index contributed by atoms with van der Waals surface area (Å²) in [4.78, 5) is 19.4. The maximum absolute atomic E-state index is 13.0. The van der Waals surface area contributed by atoms with Gasteiger partial charge in [0.25, 0.3) is 0 Å². The molecule has 142 valence electrons. The molecule has 0 saturated carbocycles. The number of aliphatic hydroxyl groups excluding tert-OH is 1. The predicted molar refractivity (Wildman–Crippen MR) is 100.0 cm³/mol. The van der Waals surface area contributed by atoms with E-state index in [4.69, 9.17) is 0 Å². The lowest BCUT2D eigenvalue weighted by Crippen LogP contribution is -2.41. The van der Waals surface area contributed by atoms with Crippen molar-refractivity contribution in [2.24, 2.45) is 7.05 Å². The van der Waals surface area contributed by atoms with Crippen molar-refractivity contribution in [2.75, 3.05) is 13.1 Å². The number of aryl methyl sites for hydroxylation is 1. The SMILES string of the molecule is Cc1nc2ccccc2n1CC(=O)N1CCCC(c2nnc(CO)n2C)C1. The van der Waals surface area contributed by atoms with Crippen LogP contribution in [0.15, 0.2) is 24.3 Å². The molecule has 1 aliphatic rings. The summed E-state index contributed by atoms with van der Waals surface area (Å²) in [6.45, 7) is 3.47. The second-order valence-corrected chi connectivity index (χ2v) is 7.10. The van der Waals surface area contributed by atoms with Crippen LogP contribution in [0.4, 0.5) is 0 Å². The Morgan fingerprint density at radius 3 is 2.89 bits per heavy atom. The molecular formula is C19H24N6O2. The van der Waals surface area contributed by atoms with Crippen LogP contribution < -0.4 is 0 Å². The fourth-order valence-electron chi connectivity index (χ4n) is 3.91. The Labute approximate surface area is 157 Å². The highest BCUT2D eigenvalue weighted by Crippen LogP contribution is 2.26. The molecule has 0 spiro atoms. The molecule has 1 N–H and O–H groups in total. The number of piperidine rings is 1. The van der Waals surface area contributed by atoms with Crippen molar-refractivity contribution in [1.82, 2.24) is 29.2 Å². The Morgan fingerprint density at radius 1 is 1.30 bits per heavy atom. The number of imidazole rings is 1. The monoisotopic (exact) mass is 368 g/mol. The first kappa shape index (κ1) is 17.7. The van der Waals surface area contributed by atoms with Crippen LogP contribution in [0.5, 0.6) is 0 Å². The molecule has 3 aromatic rings. The van der Waals surface area contributed by atoms with Crippen molar-refractivity contribution < 1.29 is 9.90 Å². The van der Waals surface area contributed by atoms with E-state index in [9.17, 15) is 9.90 Å². The van der Waals surface area contributed by atoms with Gasteiger partial charge in [-0.15, -0.1) is 10.2 Å². The lowest BCUT2D eigenvalue weighted by Gasteiger charge is -2.32. The van der Waals surface area contributed by atoms with Crippen molar-refractivity contribution in [3.63, 3.8) is 0 Å². The van der Waals surface area contributed by atoms with Gasteiger partial charge in [0.15, 0.2) is 5.82 Å². The number of carbonyl (C=O) groups excluding carboxylic acids is 1. The maximum atomic E-state index is 13.0. The Balaban J connectivity index is 1.51. The number of benzene rings is 1. The van der Waals surface area contributed by atoms with E-state index in [2.05, 4.69) is 15.2 Å². The second-order valence-electron chi connectivity index (χ2n) is 7.10. The molecule has 1 amide bonds. The van der Waals surface area contributed by atoms with E-state index in [1.807, 2.05) is 52.3 Å². The Hall–Kier alpha value is -2.74. The van der Waals surface area contributed by atoms with Crippen molar-refractivity contribution >= 4 is 16.9 Å². The van der Waals surface area contributed by atoms with Crippen LogP contribution in [0.1, 0.15) is 36.2 Å². The first-order valence-corrected chi connectivity index (χ1v) is 9.27. The molecule has 1 unspecified atom stereocenters. The number of carbonyl (C=O) groups is 1. The normalized spacial score (nSPS) is 17.6. The lowest BCUT2D eigenvalue weighted by atomic mass is 9.97. The summed E-state index contributed by atoms with van der Waals surface area (Å²) in [6.07, 6.45) is 1.90. The Morgan fingerprint density at radius 2 is 2.11 bits per heavy atom. The number of hydrogen-bond donors (Lipinski definition) is 1. The van der Waals surface area contributed by atoms with Crippen molar-refractivity contribution in [1.29, 1.82) is 0 Å². The number of aromatic nitrogens is 5. The summed E-state index contributed by atoms with van der Waals surface area (Å²) in [5.74, 6) is 2.46. The number of amides is 1. The minimum absolute atomic E-state index is 0.0931. The summed E-state index contributed by atoms with van der Waals surface area (Å²) in [5.41, 5.74) is 1.90. The zero-order valence-electron chi connectivity index (χ0n) is 15.7. The third kappa shape index (κ3) is 3.21. The van der Waals surface area contributed by atoms with Gasteiger partial charge in [-0.25, -0.2) is 4.98 Å². The van der Waals surface area contributed by atoms with Gasteiger partial charge in [-0.05, 0) is 31.9 Å². The van der Waals surface area contributed by atoms with Gasteiger partial charge in [0, 0.05) is 26.1 Å². The molecule has 0 radical (unpaired) electrons. The van der Waals surface area contributed by atoms with Crippen molar-refractivity contribution in [2.45, 2.75) is 38.8 Å². The smallest absolute Gasteiger partial charge is 0.242 e. The predicted octanol–water partition coefficient (Wildman–Crippen LogP) is 1.37. The first-order valence-electron chi connectivity index (χ1n) is 9.27. The summed E-state index contributed by atoms with van der Waals surface area (Å²) < 4.78 is 3.82. The third-order valence-corrected chi connectivity index (χ3v) is 5.42. The zero-order chi connectivity index (χ0) is 19.0. The summed E-state index contributed by atoms with van der Waals surface area (Å²) in [7, 11) is 1.86. The van der Waals surface area contributed by atoms with Crippen LogP contribution >= 0.6 is 0 Å². The number of rotatable bonds is 4. The minimum atomic E-state index is -0.133. The van der Waals surface area contributed by atoms with Crippen LogP contribution in [-0.2, 0) is 25.0 Å². The molecule has 8 heteroatoms. The van der Waals surface area contributed by atoms with Crippen LogP contribution in [0.3, 0.4) is 0 Å². The molecule has 2 aromatic heterocycles. The highest BCUT2D eigenvalue weighted by Gasteiger charge is 2.28. The lowest BCUT2D eigenvalue weighted by molar-refractivity contribution is -0.133. The van der Waals surface area contributed by atoms with E-state index in [1.165, 1.54) is 0 Å². The third-order valence-electron chi connectivity index (χ3n) is 5.42. The quantitative estimate of drug-likeness (QED) is 0.751. The molecule has 0 aliphatic carbocycles. The number of aliphatic hydroxyl groups is 1. The molecule has 27 heavy (non-hydrogen) atoms. The second kappa shape index (κ2) is 7.11. The van der Waals surface area contributed by atoms with Crippen LogP contribution in [0.25, 0.3) is 11.0 Å². The van der Waals surface area contributed by atoms with Gasteiger partial charge in [-0.1, -0.05) is 12.1 Å². The van der Waals surface area contributed by atoms with E-state index >= 15 is 0 Å². The largest absolute Gasteiger partial charge is 0.388 e. The fourth-order valence-corrected chi connectivity index (χ4v) is 3.91. The summed E-state index contributed by atoms with van der Waals surface area (Å²) >= 11 is 0. The molecule has 1 aliphatic heterocycles. The average Bonchev–Trinajstić information content (AvgIpc) is 3.21. The van der Waals surface area contributed by atoms with E-state index in [0.29, 0.717) is 18.9 Å². The van der Waals surface area contributed by atoms with Gasteiger partial charge in [-0.3, -0.25) is 4.79 Å². The van der Waals surface area contributed by atoms with Gasteiger partial charge in [0.1, 0.15) is 24.8 Å². The Kier molecular flexibility index (Phi) is 4.65. The van der Waals surface area contributed by atoms with Crippen LogP contribution in [-0.4, -0.2) is 53.3 Å². The molecule has 1 atom stereocenters. The molecule has 4 rings (SSSR count).